The highest BCUT2D eigenvalue weighted by molar-refractivity contribution is 4.97. The van der Waals surface area contributed by atoms with Crippen molar-refractivity contribution in [3.8, 4) is 0 Å². The maximum Gasteiger partial charge on any atom is 0.394 e. The molecule has 5 heteroatoms. The van der Waals surface area contributed by atoms with Crippen LogP contribution in [-0.4, -0.2) is 12.8 Å². The molecule has 1 nitrogen and oxygen atoms in total. The Balaban J connectivity index is 4.17. The summed E-state index contributed by atoms with van der Waals surface area (Å²) in [6.45, 7) is -0.0454. The van der Waals surface area contributed by atoms with Crippen LogP contribution in [-0.2, 0) is 4.74 Å². The van der Waals surface area contributed by atoms with Gasteiger partial charge in [-0.25, -0.2) is 8.78 Å². The smallest absolute Gasteiger partial charge is 0.394 e. The Labute approximate surface area is 61.7 Å². The molecule has 0 aromatic rings. The van der Waals surface area contributed by atoms with E-state index in [1.54, 1.807) is 0 Å². The SMILES string of the molecule is C/C(OC(C)(F)F)=C(\F)CF. The Morgan fingerprint density at radius 1 is 1.45 bits per heavy atom. The normalized spacial score (nSPS) is 14.4. The van der Waals surface area contributed by atoms with E-state index < -0.39 is 24.4 Å². The topological polar surface area (TPSA) is 9.23 Å². The van der Waals surface area contributed by atoms with Crippen LogP contribution >= 0.6 is 0 Å². The first kappa shape index (κ1) is 10.3. The first-order valence-corrected chi connectivity index (χ1v) is 2.85. The zero-order valence-corrected chi connectivity index (χ0v) is 6.13. The lowest BCUT2D eigenvalue weighted by Gasteiger charge is -2.12. The van der Waals surface area contributed by atoms with E-state index in [1.807, 2.05) is 0 Å². The number of alkyl halides is 3. The predicted octanol–water partition coefficient (Wildman–Crippen LogP) is 2.79. The molecule has 0 aromatic heterocycles. The monoisotopic (exact) mass is 172 g/mol. The van der Waals surface area contributed by atoms with Gasteiger partial charge in [-0.05, 0) is 6.92 Å². The van der Waals surface area contributed by atoms with Crippen molar-refractivity contribution in [1.29, 1.82) is 0 Å². The fraction of sp³-hybridized carbons (Fsp3) is 0.667. The van der Waals surface area contributed by atoms with Crippen molar-refractivity contribution in [2.75, 3.05) is 6.67 Å². The second-order valence-electron chi connectivity index (χ2n) is 2.00. The van der Waals surface area contributed by atoms with Crippen LogP contribution in [0.1, 0.15) is 13.8 Å². The summed E-state index contributed by atoms with van der Waals surface area (Å²) in [4.78, 5) is 0. The Morgan fingerprint density at radius 3 is 2.18 bits per heavy atom. The summed E-state index contributed by atoms with van der Waals surface area (Å²) in [5, 5.41) is 0. The van der Waals surface area contributed by atoms with Crippen LogP contribution in [0.4, 0.5) is 17.6 Å². The molecule has 0 aliphatic rings. The minimum Gasteiger partial charge on any atom is -0.435 e. The molecule has 0 fully saturated rings. The van der Waals surface area contributed by atoms with E-state index in [0.717, 1.165) is 6.92 Å². The minimum absolute atomic E-state index is 0.446. The van der Waals surface area contributed by atoms with Crippen LogP contribution in [0.3, 0.4) is 0 Å². The lowest BCUT2D eigenvalue weighted by atomic mass is 10.5. The predicted molar refractivity (Wildman–Crippen MR) is 31.5 cm³/mol. The molecule has 0 saturated heterocycles. The van der Waals surface area contributed by atoms with E-state index in [1.165, 1.54) is 0 Å². The van der Waals surface area contributed by atoms with Crippen molar-refractivity contribution in [1.82, 2.24) is 0 Å². The number of allylic oxidation sites excluding steroid dienone is 2. The van der Waals surface area contributed by atoms with Crippen LogP contribution < -0.4 is 0 Å². The van der Waals surface area contributed by atoms with Gasteiger partial charge in [0.2, 0.25) is 0 Å². The summed E-state index contributed by atoms with van der Waals surface area (Å²) in [6, 6.07) is 0. The highest BCUT2D eigenvalue weighted by atomic mass is 19.3. The van der Waals surface area contributed by atoms with Crippen molar-refractivity contribution in [3.05, 3.63) is 11.6 Å². The quantitative estimate of drug-likeness (QED) is 0.469. The molecule has 0 atom stereocenters. The number of hydrogen-bond donors (Lipinski definition) is 0. The molecule has 0 saturated carbocycles. The van der Waals surface area contributed by atoms with Crippen molar-refractivity contribution >= 4 is 0 Å². The molecule has 0 radical (unpaired) electrons. The standard InChI is InChI=1S/C6H8F4O/c1-4(5(8)3-7)11-6(2,9)10/h3H2,1-2H3/b5-4+. The second-order valence-corrected chi connectivity index (χ2v) is 2.00. The third-order valence-electron chi connectivity index (χ3n) is 0.832. The van der Waals surface area contributed by atoms with Gasteiger partial charge in [0, 0.05) is 6.92 Å². The molecule has 0 heterocycles. The Hall–Kier alpha value is -0.740. The fourth-order valence-electron chi connectivity index (χ4n) is 0.418. The molecule has 0 bridgehead atoms. The third kappa shape index (κ3) is 4.64. The van der Waals surface area contributed by atoms with Gasteiger partial charge in [-0.1, -0.05) is 0 Å². The van der Waals surface area contributed by atoms with Gasteiger partial charge in [0.05, 0.1) is 0 Å². The molecule has 0 aromatic carbocycles. The zero-order valence-electron chi connectivity index (χ0n) is 6.13. The van der Waals surface area contributed by atoms with Crippen LogP contribution in [0.25, 0.3) is 0 Å². The summed E-state index contributed by atoms with van der Waals surface area (Å²) >= 11 is 0. The molecular formula is C6H8F4O. The van der Waals surface area contributed by atoms with Gasteiger partial charge in [-0.3, -0.25) is 0 Å². The van der Waals surface area contributed by atoms with Gasteiger partial charge >= 0.3 is 6.11 Å². The summed E-state index contributed by atoms with van der Waals surface area (Å²) in [7, 11) is 0. The highest BCUT2D eigenvalue weighted by Crippen LogP contribution is 2.20. The second kappa shape index (κ2) is 3.59. The summed E-state index contributed by atoms with van der Waals surface area (Å²) in [5.74, 6) is -2.04. The number of rotatable bonds is 3. The molecule has 11 heavy (non-hydrogen) atoms. The first-order valence-electron chi connectivity index (χ1n) is 2.85. The molecule has 66 valence electrons. The Kier molecular flexibility index (Phi) is 3.35. The molecule has 0 amide bonds. The van der Waals surface area contributed by atoms with Gasteiger partial charge in [0.25, 0.3) is 0 Å². The highest BCUT2D eigenvalue weighted by Gasteiger charge is 2.24. The molecule has 0 aliphatic heterocycles. The van der Waals surface area contributed by atoms with Gasteiger partial charge in [-0.15, -0.1) is 0 Å². The summed E-state index contributed by atoms with van der Waals surface area (Å²) in [5.41, 5.74) is 0. The lowest BCUT2D eigenvalue weighted by Crippen LogP contribution is -2.14. The largest absolute Gasteiger partial charge is 0.435 e. The average molecular weight is 172 g/mol. The van der Waals surface area contributed by atoms with Crippen LogP contribution in [0.5, 0.6) is 0 Å². The van der Waals surface area contributed by atoms with Crippen LogP contribution in [0.2, 0.25) is 0 Å². The van der Waals surface area contributed by atoms with E-state index in [2.05, 4.69) is 4.74 Å². The van der Waals surface area contributed by atoms with E-state index in [4.69, 9.17) is 0 Å². The summed E-state index contributed by atoms with van der Waals surface area (Å²) in [6.07, 6.45) is -3.46. The van der Waals surface area contributed by atoms with Gasteiger partial charge < -0.3 is 4.74 Å². The number of hydrogen-bond acceptors (Lipinski definition) is 1. The van der Waals surface area contributed by atoms with Crippen LogP contribution in [0.15, 0.2) is 11.6 Å². The van der Waals surface area contributed by atoms with Gasteiger partial charge in [-0.2, -0.15) is 8.78 Å². The van der Waals surface area contributed by atoms with E-state index in [-0.39, 0.29) is 0 Å². The van der Waals surface area contributed by atoms with Crippen molar-refractivity contribution < 1.29 is 22.3 Å². The molecule has 0 aliphatic carbocycles. The maximum absolute atomic E-state index is 12.1. The molecular weight excluding hydrogens is 164 g/mol. The van der Waals surface area contributed by atoms with Gasteiger partial charge in [0.1, 0.15) is 12.4 Å². The molecule has 0 unspecified atom stereocenters. The van der Waals surface area contributed by atoms with Crippen LogP contribution in [0, 0.1) is 0 Å². The first-order chi connectivity index (χ1) is 4.87. The Morgan fingerprint density at radius 2 is 1.91 bits per heavy atom. The molecule has 0 rings (SSSR count). The maximum atomic E-state index is 12.1. The van der Waals surface area contributed by atoms with E-state index >= 15 is 0 Å². The third-order valence-corrected chi connectivity index (χ3v) is 0.832. The average Bonchev–Trinajstić information content (AvgIpc) is 1.82. The number of ether oxygens (including phenoxy) is 1. The van der Waals surface area contributed by atoms with Crippen molar-refractivity contribution in [3.63, 3.8) is 0 Å². The zero-order chi connectivity index (χ0) is 9.07. The lowest BCUT2D eigenvalue weighted by molar-refractivity contribution is -0.199. The van der Waals surface area contributed by atoms with Crippen molar-refractivity contribution in [2.24, 2.45) is 0 Å². The summed E-state index contributed by atoms with van der Waals surface area (Å²) < 4.78 is 51.1. The fourth-order valence-corrected chi connectivity index (χ4v) is 0.418. The minimum atomic E-state index is -3.46. The van der Waals surface area contributed by atoms with E-state index in [0.29, 0.717) is 6.92 Å². The molecule has 0 spiro atoms. The van der Waals surface area contributed by atoms with Crippen molar-refractivity contribution in [2.45, 2.75) is 20.0 Å². The van der Waals surface area contributed by atoms with E-state index in [9.17, 15) is 17.6 Å². The Bertz CT molecular complexity index is 158. The number of halogens is 4. The molecule has 0 N–H and O–H groups in total. The van der Waals surface area contributed by atoms with Gasteiger partial charge in [0.15, 0.2) is 5.83 Å².